The van der Waals surface area contributed by atoms with Crippen LogP contribution < -0.4 is 0 Å². The van der Waals surface area contributed by atoms with Gasteiger partial charge in [0.1, 0.15) is 6.10 Å². The van der Waals surface area contributed by atoms with Gasteiger partial charge in [0.25, 0.3) is 0 Å². The first-order valence-corrected chi connectivity index (χ1v) is 9.15. The molecule has 0 aromatic carbocycles. The summed E-state index contributed by atoms with van der Waals surface area (Å²) in [6.07, 6.45) is 7.71. The molecule has 0 radical (unpaired) electrons. The molecule has 3 fully saturated rings. The van der Waals surface area contributed by atoms with Crippen LogP contribution in [0, 0.1) is 11.8 Å². The van der Waals surface area contributed by atoms with E-state index in [2.05, 4.69) is 16.8 Å². The number of carbonyl (C=O) groups excluding carboxylic acids is 1. The molecular formula is C19H26N2O3. The Labute approximate surface area is 143 Å². The molecule has 1 aromatic heterocycles. The molecule has 5 heteroatoms. The number of aromatic nitrogens is 1. The van der Waals surface area contributed by atoms with Crippen molar-refractivity contribution in [3.63, 3.8) is 0 Å². The van der Waals surface area contributed by atoms with Crippen LogP contribution >= 0.6 is 0 Å². The quantitative estimate of drug-likeness (QED) is 0.851. The molecule has 2 aliphatic carbocycles. The molecule has 0 spiro atoms. The normalized spacial score (nSPS) is 35.4. The summed E-state index contributed by atoms with van der Waals surface area (Å²) in [6, 6.07) is 4.11. The van der Waals surface area contributed by atoms with Gasteiger partial charge in [-0.25, -0.2) is 0 Å². The van der Waals surface area contributed by atoms with E-state index in [9.17, 15) is 4.79 Å². The van der Waals surface area contributed by atoms with E-state index < -0.39 is 0 Å². The van der Waals surface area contributed by atoms with Crippen LogP contribution in [0.3, 0.4) is 0 Å². The molecule has 24 heavy (non-hydrogen) atoms. The van der Waals surface area contributed by atoms with Crippen LogP contribution in [0.2, 0.25) is 0 Å². The highest BCUT2D eigenvalue weighted by Crippen LogP contribution is 2.38. The summed E-state index contributed by atoms with van der Waals surface area (Å²) in [5.41, 5.74) is 1.11. The maximum absolute atomic E-state index is 12.9. The minimum Gasteiger partial charge on any atom is -0.374 e. The minimum absolute atomic E-state index is 0.0119. The number of carbonyl (C=O) groups is 1. The average Bonchev–Trinajstić information content (AvgIpc) is 2.86. The van der Waals surface area contributed by atoms with E-state index in [4.69, 9.17) is 9.47 Å². The Morgan fingerprint density at radius 2 is 2.12 bits per heavy atom. The van der Waals surface area contributed by atoms with Crippen molar-refractivity contribution in [2.75, 3.05) is 13.2 Å². The predicted octanol–water partition coefficient (Wildman–Crippen LogP) is 2.40. The second kappa shape index (κ2) is 6.81. The van der Waals surface area contributed by atoms with Gasteiger partial charge in [0.05, 0.1) is 25.4 Å². The van der Waals surface area contributed by atoms with Crippen LogP contribution in [0.1, 0.15) is 38.2 Å². The van der Waals surface area contributed by atoms with Crippen molar-refractivity contribution >= 4 is 5.91 Å². The van der Waals surface area contributed by atoms with Crippen molar-refractivity contribution in [1.82, 2.24) is 9.88 Å². The molecule has 3 atom stereocenters. The van der Waals surface area contributed by atoms with Crippen molar-refractivity contribution < 1.29 is 14.3 Å². The van der Waals surface area contributed by atoms with Gasteiger partial charge in [-0.2, -0.15) is 0 Å². The molecule has 0 N–H and O–H groups in total. The van der Waals surface area contributed by atoms with Gasteiger partial charge in [0, 0.05) is 24.9 Å². The van der Waals surface area contributed by atoms with Crippen molar-refractivity contribution in [3.05, 3.63) is 30.1 Å². The molecule has 1 amide bonds. The molecule has 5 nitrogen and oxygen atoms in total. The monoisotopic (exact) mass is 330 g/mol. The van der Waals surface area contributed by atoms with Crippen LogP contribution in [-0.2, 0) is 20.9 Å². The molecule has 2 heterocycles. The van der Waals surface area contributed by atoms with E-state index in [1.807, 2.05) is 12.1 Å². The molecule has 1 aliphatic heterocycles. The molecule has 130 valence electrons. The third-order valence-corrected chi connectivity index (χ3v) is 5.75. The van der Waals surface area contributed by atoms with Crippen molar-refractivity contribution in [3.8, 4) is 0 Å². The smallest absolute Gasteiger partial charge is 0.226 e. The first-order chi connectivity index (χ1) is 11.7. The van der Waals surface area contributed by atoms with Crippen LogP contribution in [-0.4, -0.2) is 47.2 Å². The lowest BCUT2D eigenvalue weighted by Gasteiger charge is -2.39. The fourth-order valence-corrected chi connectivity index (χ4v) is 4.39. The zero-order chi connectivity index (χ0) is 16.5. The van der Waals surface area contributed by atoms with Gasteiger partial charge >= 0.3 is 0 Å². The van der Waals surface area contributed by atoms with Gasteiger partial charge in [-0.15, -0.1) is 0 Å². The van der Waals surface area contributed by atoms with Gasteiger partial charge in [0.2, 0.25) is 5.91 Å². The standard InChI is InChI=1S/C19H26N2O3/c1-13-10-15(11-13)19(22)21-8-9-23-17-3-2-16(21)18(17)24-12-14-4-6-20-7-5-14/h4-7,13,15-18H,2-3,8-12H2,1H3/t13?,15?,16-,17-,18+/m0/s1. The predicted molar refractivity (Wildman–Crippen MR) is 89.2 cm³/mol. The Morgan fingerprint density at radius 3 is 2.88 bits per heavy atom. The highest BCUT2D eigenvalue weighted by atomic mass is 16.5. The van der Waals surface area contributed by atoms with Crippen LogP contribution in [0.15, 0.2) is 24.5 Å². The third-order valence-electron chi connectivity index (χ3n) is 5.75. The molecule has 1 aromatic rings. The fraction of sp³-hybridized carbons (Fsp3) is 0.684. The molecule has 3 aliphatic rings. The lowest BCUT2D eigenvalue weighted by atomic mass is 9.75. The molecular weight excluding hydrogens is 304 g/mol. The number of amides is 1. The van der Waals surface area contributed by atoms with E-state index in [-0.39, 0.29) is 24.2 Å². The number of hydrogen-bond acceptors (Lipinski definition) is 4. The molecule has 0 unspecified atom stereocenters. The largest absolute Gasteiger partial charge is 0.374 e. The maximum atomic E-state index is 12.9. The summed E-state index contributed by atoms with van der Waals surface area (Å²) in [5, 5.41) is 0. The number of nitrogens with zero attached hydrogens (tertiary/aromatic N) is 2. The van der Waals surface area contributed by atoms with Gasteiger partial charge in [-0.1, -0.05) is 6.92 Å². The summed E-state index contributed by atoms with van der Waals surface area (Å²) in [7, 11) is 0. The third kappa shape index (κ3) is 3.07. The summed E-state index contributed by atoms with van der Waals surface area (Å²) < 4.78 is 12.2. The summed E-state index contributed by atoms with van der Waals surface area (Å²) in [5.74, 6) is 1.23. The number of ether oxygens (including phenoxy) is 2. The van der Waals surface area contributed by atoms with E-state index >= 15 is 0 Å². The lowest BCUT2D eigenvalue weighted by Crippen LogP contribution is -2.50. The van der Waals surface area contributed by atoms with E-state index in [1.54, 1.807) is 12.4 Å². The first-order valence-electron chi connectivity index (χ1n) is 9.15. The Kier molecular flexibility index (Phi) is 4.55. The number of pyridine rings is 1. The van der Waals surface area contributed by atoms with E-state index in [1.165, 1.54) is 0 Å². The summed E-state index contributed by atoms with van der Waals surface area (Å²) in [6.45, 7) is 4.11. The number of hydrogen-bond donors (Lipinski definition) is 0. The van der Waals surface area contributed by atoms with E-state index in [0.29, 0.717) is 31.6 Å². The van der Waals surface area contributed by atoms with Gasteiger partial charge in [0.15, 0.2) is 0 Å². The second-order valence-electron chi connectivity index (χ2n) is 7.49. The van der Waals surface area contributed by atoms with Crippen LogP contribution in [0.5, 0.6) is 0 Å². The highest BCUT2D eigenvalue weighted by molar-refractivity contribution is 5.80. The topological polar surface area (TPSA) is 51.7 Å². The fourth-order valence-electron chi connectivity index (χ4n) is 4.39. The van der Waals surface area contributed by atoms with Crippen molar-refractivity contribution in [1.29, 1.82) is 0 Å². The maximum Gasteiger partial charge on any atom is 0.226 e. The van der Waals surface area contributed by atoms with Gasteiger partial charge < -0.3 is 14.4 Å². The Balaban J connectivity index is 1.44. The molecule has 4 rings (SSSR count). The number of fused-ring (bicyclic) bond motifs is 2. The number of rotatable bonds is 4. The van der Waals surface area contributed by atoms with Crippen molar-refractivity contribution in [2.45, 2.75) is 57.5 Å². The highest BCUT2D eigenvalue weighted by Gasteiger charge is 2.46. The molecule has 2 saturated carbocycles. The van der Waals surface area contributed by atoms with Crippen molar-refractivity contribution in [2.24, 2.45) is 11.8 Å². The van der Waals surface area contributed by atoms with Gasteiger partial charge in [-0.05, 0) is 49.3 Å². The van der Waals surface area contributed by atoms with Crippen LogP contribution in [0.4, 0.5) is 0 Å². The zero-order valence-electron chi connectivity index (χ0n) is 14.3. The second-order valence-corrected chi connectivity index (χ2v) is 7.49. The summed E-state index contributed by atoms with van der Waals surface area (Å²) in [4.78, 5) is 19.0. The SMILES string of the molecule is CC1CC(C(=O)N2CCO[C@H]3CC[C@H]2[C@H]3OCc2ccncc2)C1. The first kappa shape index (κ1) is 16.0. The minimum atomic E-state index is -0.0119. The molecule has 1 saturated heterocycles. The summed E-state index contributed by atoms with van der Waals surface area (Å²) >= 11 is 0. The molecule has 2 bridgehead atoms. The lowest BCUT2D eigenvalue weighted by molar-refractivity contribution is -0.144. The zero-order valence-corrected chi connectivity index (χ0v) is 14.3. The Bertz CT molecular complexity index is 573. The van der Waals surface area contributed by atoms with E-state index in [0.717, 1.165) is 31.2 Å². The van der Waals surface area contributed by atoms with Crippen LogP contribution in [0.25, 0.3) is 0 Å². The Hall–Kier alpha value is -1.46. The van der Waals surface area contributed by atoms with Gasteiger partial charge in [-0.3, -0.25) is 9.78 Å². The average molecular weight is 330 g/mol. The Morgan fingerprint density at radius 1 is 1.33 bits per heavy atom.